The predicted molar refractivity (Wildman–Crippen MR) is 111 cm³/mol. The number of hydrogen-bond donors (Lipinski definition) is 0. The van der Waals surface area contributed by atoms with Crippen LogP contribution in [0.4, 0.5) is 5.69 Å². The first-order chi connectivity index (χ1) is 14.0. The van der Waals surface area contributed by atoms with Crippen molar-refractivity contribution in [1.82, 2.24) is 14.6 Å². The van der Waals surface area contributed by atoms with Gasteiger partial charge in [-0.15, -0.1) is 10.2 Å². The number of aromatic nitrogens is 3. The predicted octanol–water partition coefficient (Wildman–Crippen LogP) is 3.44. The summed E-state index contributed by atoms with van der Waals surface area (Å²) in [5.74, 6) is 0.676. The Hall–Kier alpha value is -3.39. The second-order valence-electron chi connectivity index (χ2n) is 6.66. The van der Waals surface area contributed by atoms with E-state index >= 15 is 0 Å². The molecule has 148 valence electrons. The topological polar surface area (TPSA) is 76.8 Å². The molecule has 0 fully saturated rings. The molecule has 0 atom stereocenters. The van der Waals surface area contributed by atoms with Gasteiger partial charge in [-0.3, -0.25) is 8.71 Å². The minimum atomic E-state index is -3.84. The summed E-state index contributed by atoms with van der Waals surface area (Å²) in [5.41, 5.74) is 3.04. The molecule has 8 heteroatoms. The number of rotatable bonds is 6. The first kappa shape index (κ1) is 18.9. The average molecular weight is 408 g/mol. The first-order valence-electron chi connectivity index (χ1n) is 8.99. The van der Waals surface area contributed by atoms with E-state index in [0.29, 0.717) is 17.1 Å². The van der Waals surface area contributed by atoms with Gasteiger partial charge < -0.3 is 4.74 Å². The molecule has 2 aromatic carbocycles. The zero-order valence-electron chi connectivity index (χ0n) is 16.1. The zero-order valence-corrected chi connectivity index (χ0v) is 16.9. The van der Waals surface area contributed by atoms with Crippen molar-refractivity contribution in [3.05, 3.63) is 84.3 Å². The zero-order chi connectivity index (χ0) is 20.4. The van der Waals surface area contributed by atoms with Crippen molar-refractivity contribution in [2.45, 2.75) is 18.4 Å². The van der Waals surface area contributed by atoms with Crippen LogP contribution >= 0.6 is 0 Å². The molecule has 0 N–H and O–H groups in total. The van der Waals surface area contributed by atoms with Crippen molar-refractivity contribution in [3.63, 3.8) is 0 Å². The highest BCUT2D eigenvalue weighted by molar-refractivity contribution is 7.92. The fraction of sp³-hybridized carbons (Fsp3) is 0.143. The molecule has 0 saturated heterocycles. The summed E-state index contributed by atoms with van der Waals surface area (Å²) in [6, 6.07) is 18.0. The maximum atomic E-state index is 13.6. The number of fused-ring (bicyclic) bond motifs is 1. The van der Waals surface area contributed by atoms with Crippen LogP contribution in [0.15, 0.2) is 78.1 Å². The van der Waals surface area contributed by atoms with E-state index in [9.17, 15) is 8.42 Å². The molecule has 4 aromatic rings. The highest BCUT2D eigenvalue weighted by Crippen LogP contribution is 2.27. The lowest BCUT2D eigenvalue weighted by atomic mass is 10.2. The van der Waals surface area contributed by atoms with E-state index in [1.807, 2.05) is 55.5 Å². The van der Waals surface area contributed by atoms with Gasteiger partial charge in [0.05, 0.1) is 19.3 Å². The Morgan fingerprint density at radius 2 is 1.86 bits per heavy atom. The summed E-state index contributed by atoms with van der Waals surface area (Å²) in [6.45, 7) is 2.13. The highest BCUT2D eigenvalue weighted by Gasteiger charge is 2.26. The van der Waals surface area contributed by atoms with Gasteiger partial charge in [0.1, 0.15) is 17.0 Å². The summed E-state index contributed by atoms with van der Waals surface area (Å²) in [4.78, 5) is 0.160. The number of sulfonamides is 1. The SMILES string of the molecule is COc1cccc(CN(c2ccc(C)cc2)S(=O)(=O)c2ccc3nncn3c2)c1. The summed E-state index contributed by atoms with van der Waals surface area (Å²) >= 11 is 0. The molecule has 0 unspecified atom stereocenters. The van der Waals surface area contributed by atoms with E-state index in [-0.39, 0.29) is 11.4 Å². The lowest BCUT2D eigenvalue weighted by Crippen LogP contribution is -2.30. The van der Waals surface area contributed by atoms with Gasteiger partial charge in [-0.05, 0) is 48.9 Å². The number of ether oxygens (including phenoxy) is 1. The normalized spacial score (nSPS) is 11.5. The Morgan fingerprint density at radius 3 is 2.62 bits per heavy atom. The number of hydrogen-bond acceptors (Lipinski definition) is 5. The largest absolute Gasteiger partial charge is 0.497 e. The van der Waals surface area contributed by atoms with Gasteiger partial charge in [0.25, 0.3) is 10.0 Å². The molecule has 0 amide bonds. The maximum absolute atomic E-state index is 13.6. The van der Waals surface area contributed by atoms with Crippen LogP contribution in [0, 0.1) is 6.92 Å². The molecular formula is C21H20N4O3S. The fourth-order valence-electron chi connectivity index (χ4n) is 3.05. The third-order valence-electron chi connectivity index (χ3n) is 4.63. The summed E-state index contributed by atoms with van der Waals surface area (Å²) < 4.78 is 35.4. The maximum Gasteiger partial charge on any atom is 0.266 e. The molecule has 29 heavy (non-hydrogen) atoms. The number of pyridine rings is 1. The minimum Gasteiger partial charge on any atom is -0.497 e. The molecular weight excluding hydrogens is 388 g/mol. The van der Waals surface area contributed by atoms with Crippen LogP contribution in [-0.4, -0.2) is 30.1 Å². The Bertz CT molecular complexity index is 1250. The van der Waals surface area contributed by atoms with E-state index in [1.165, 1.54) is 16.8 Å². The molecule has 2 heterocycles. The van der Waals surface area contributed by atoms with Crippen LogP contribution in [0.2, 0.25) is 0 Å². The molecule has 0 radical (unpaired) electrons. The molecule has 4 rings (SSSR count). The van der Waals surface area contributed by atoms with Crippen molar-refractivity contribution < 1.29 is 13.2 Å². The van der Waals surface area contributed by atoms with Gasteiger partial charge in [-0.2, -0.15) is 0 Å². The molecule has 0 saturated carbocycles. The third kappa shape index (κ3) is 3.79. The first-order valence-corrected chi connectivity index (χ1v) is 10.4. The summed E-state index contributed by atoms with van der Waals surface area (Å²) in [7, 11) is -2.25. The van der Waals surface area contributed by atoms with Crippen LogP contribution < -0.4 is 9.04 Å². The number of benzene rings is 2. The van der Waals surface area contributed by atoms with Gasteiger partial charge >= 0.3 is 0 Å². The van der Waals surface area contributed by atoms with Gasteiger partial charge in [-0.1, -0.05) is 29.8 Å². The van der Waals surface area contributed by atoms with E-state index < -0.39 is 10.0 Å². The standard InChI is InChI=1S/C21H20N4O3S/c1-16-6-8-18(9-7-16)25(13-17-4-3-5-19(12-17)28-2)29(26,27)20-10-11-21-23-22-15-24(21)14-20/h3-12,14-15H,13H2,1-2H3. The molecule has 2 aromatic heterocycles. The van der Waals surface area contributed by atoms with Crippen LogP contribution in [0.5, 0.6) is 5.75 Å². The van der Waals surface area contributed by atoms with Gasteiger partial charge in [0.15, 0.2) is 5.65 Å². The molecule has 7 nitrogen and oxygen atoms in total. The van der Waals surface area contributed by atoms with Crippen molar-refractivity contribution in [2.75, 3.05) is 11.4 Å². The Balaban J connectivity index is 1.80. The van der Waals surface area contributed by atoms with E-state index in [0.717, 1.165) is 11.1 Å². The number of nitrogens with zero attached hydrogens (tertiary/aromatic N) is 4. The molecule has 0 aliphatic rings. The fourth-order valence-corrected chi connectivity index (χ4v) is 4.51. The van der Waals surface area contributed by atoms with Crippen LogP contribution in [0.25, 0.3) is 5.65 Å². The second kappa shape index (κ2) is 7.56. The monoisotopic (exact) mass is 408 g/mol. The van der Waals surface area contributed by atoms with Gasteiger partial charge in [0, 0.05) is 6.20 Å². The molecule has 0 aliphatic heterocycles. The van der Waals surface area contributed by atoms with Crippen LogP contribution in [0.1, 0.15) is 11.1 Å². The minimum absolute atomic E-state index is 0.160. The van der Waals surface area contributed by atoms with Gasteiger partial charge in [-0.25, -0.2) is 8.42 Å². The Kier molecular flexibility index (Phi) is 4.94. The van der Waals surface area contributed by atoms with Crippen LogP contribution in [-0.2, 0) is 16.6 Å². The lowest BCUT2D eigenvalue weighted by molar-refractivity contribution is 0.414. The molecule has 0 aliphatic carbocycles. The average Bonchev–Trinajstić information content (AvgIpc) is 3.21. The quantitative estimate of drug-likeness (QED) is 0.488. The van der Waals surface area contributed by atoms with Crippen molar-refractivity contribution >= 4 is 21.4 Å². The highest BCUT2D eigenvalue weighted by atomic mass is 32.2. The van der Waals surface area contributed by atoms with Crippen molar-refractivity contribution in [2.24, 2.45) is 0 Å². The number of aryl methyl sites for hydroxylation is 1. The smallest absolute Gasteiger partial charge is 0.266 e. The lowest BCUT2D eigenvalue weighted by Gasteiger charge is -2.25. The summed E-state index contributed by atoms with van der Waals surface area (Å²) in [5, 5.41) is 7.75. The van der Waals surface area contributed by atoms with Crippen molar-refractivity contribution in [1.29, 1.82) is 0 Å². The Morgan fingerprint density at radius 1 is 1.07 bits per heavy atom. The van der Waals surface area contributed by atoms with E-state index in [4.69, 9.17) is 4.74 Å². The number of anilines is 1. The second-order valence-corrected chi connectivity index (χ2v) is 8.52. The third-order valence-corrected chi connectivity index (χ3v) is 6.39. The summed E-state index contributed by atoms with van der Waals surface area (Å²) in [6.07, 6.45) is 3.00. The van der Waals surface area contributed by atoms with E-state index in [1.54, 1.807) is 23.6 Å². The van der Waals surface area contributed by atoms with Crippen molar-refractivity contribution in [3.8, 4) is 5.75 Å². The number of methoxy groups -OCH3 is 1. The van der Waals surface area contributed by atoms with Crippen LogP contribution in [0.3, 0.4) is 0 Å². The Labute approximate surface area is 169 Å². The van der Waals surface area contributed by atoms with E-state index in [2.05, 4.69) is 10.2 Å². The molecule has 0 spiro atoms. The van der Waals surface area contributed by atoms with Gasteiger partial charge in [0.2, 0.25) is 0 Å². The molecule has 0 bridgehead atoms.